The molecule has 0 radical (unpaired) electrons. The van der Waals surface area contributed by atoms with E-state index >= 15 is 0 Å². The van der Waals surface area contributed by atoms with E-state index in [-0.39, 0.29) is 0 Å². The van der Waals surface area contributed by atoms with Gasteiger partial charge in [-0.1, -0.05) is 0 Å². The number of nitrogens with zero attached hydrogens (tertiary/aromatic N) is 1. The lowest BCUT2D eigenvalue weighted by atomic mass is 10.0. The van der Waals surface area contributed by atoms with Crippen molar-refractivity contribution in [2.45, 2.75) is 79.5 Å². The summed E-state index contributed by atoms with van der Waals surface area (Å²) in [6, 6.07) is -13.9. The first-order valence-corrected chi connectivity index (χ1v) is 7.96. The largest absolute Gasteiger partial charge is 0.425 e. The van der Waals surface area contributed by atoms with Crippen LogP contribution in [0.2, 0.25) is 0 Å². The fourth-order valence-electron chi connectivity index (χ4n) is 3.05. The molecular weight excluding hydrogens is 509 g/mol. The van der Waals surface area contributed by atoms with Gasteiger partial charge in [-0.3, -0.25) is 0 Å². The molecule has 4 unspecified atom stereocenters. The van der Waals surface area contributed by atoms with Crippen molar-refractivity contribution in [3.05, 3.63) is 0 Å². The number of likely N-dealkylation sites (tertiary alicyclic amines) is 1. The molecule has 4 atom stereocenters. The molecule has 2 saturated heterocycles. The summed E-state index contributed by atoms with van der Waals surface area (Å²) in [4.78, 5) is -3.16. The summed E-state index contributed by atoms with van der Waals surface area (Å²) in [7, 11) is 0. The molecule has 2 aliphatic heterocycles. The van der Waals surface area contributed by atoms with Crippen molar-refractivity contribution in [3.8, 4) is 0 Å². The summed E-state index contributed by atoms with van der Waals surface area (Å²) in [5.74, 6) is -25.8. The third-order valence-electron chi connectivity index (χ3n) is 4.80. The summed E-state index contributed by atoms with van der Waals surface area (Å²) < 4.78 is 228. The fraction of sp³-hybridized carbons (Fsp3) is 1.00. The number of rotatable bonds is 5. The molecular formula is C13H8F17NO. The minimum absolute atomic E-state index is 1.63. The molecule has 0 saturated carbocycles. The number of alkyl halides is 17. The Morgan fingerprint density at radius 3 is 1.34 bits per heavy atom. The number of halogens is 17. The summed E-state index contributed by atoms with van der Waals surface area (Å²) in [5.41, 5.74) is 0. The highest BCUT2D eigenvalue weighted by molar-refractivity contribution is 5.14. The first kappa shape index (κ1) is 27.0. The van der Waals surface area contributed by atoms with Crippen molar-refractivity contribution in [3.63, 3.8) is 0 Å². The Kier molecular flexibility index (Phi) is 6.00. The van der Waals surface area contributed by atoms with Crippen molar-refractivity contribution in [1.82, 2.24) is 4.90 Å². The van der Waals surface area contributed by atoms with Gasteiger partial charge in [0, 0.05) is 0 Å². The van der Waals surface area contributed by atoms with E-state index < -0.39 is 84.4 Å². The van der Waals surface area contributed by atoms with Crippen LogP contribution in [0.3, 0.4) is 0 Å². The maximum absolute atomic E-state index is 14.1. The number of hydrogen-bond acceptors (Lipinski definition) is 2. The Bertz CT molecular complexity index is 692. The van der Waals surface area contributed by atoms with Gasteiger partial charge in [-0.05, 0) is 12.8 Å². The van der Waals surface area contributed by atoms with Gasteiger partial charge in [0.05, 0.1) is 0 Å². The van der Waals surface area contributed by atoms with E-state index in [1.807, 2.05) is 0 Å². The SMILES string of the molecule is FC(N1C(F)(F)C(F)(F)C(F)(F)C1(F)F)C(F)(F)C1CCC(C(F)(F)C(F)C(F)(F)F)O1. The topological polar surface area (TPSA) is 12.5 Å². The van der Waals surface area contributed by atoms with Crippen LogP contribution in [-0.2, 0) is 4.74 Å². The quantitative estimate of drug-likeness (QED) is 0.339. The minimum Gasteiger partial charge on any atom is -0.362 e. The van der Waals surface area contributed by atoms with Crippen LogP contribution in [0.4, 0.5) is 74.6 Å². The third-order valence-corrected chi connectivity index (χ3v) is 4.80. The van der Waals surface area contributed by atoms with Crippen LogP contribution >= 0.6 is 0 Å². The molecule has 0 aromatic carbocycles. The Hall–Kier alpha value is -1.27. The Balaban J connectivity index is 2.35. The van der Waals surface area contributed by atoms with Gasteiger partial charge in [0.15, 0.2) is 0 Å². The zero-order valence-corrected chi connectivity index (χ0v) is 14.5. The second-order valence-corrected chi connectivity index (χ2v) is 6.88. The molecule has 2 fully saturated rings. The lowest BCUT2D eigenvalue weighted by Gasteiger charge is -2.36. The molecule has 19 heteroatoms. The maximum Gasteiger partial charge on any atom is 0.425 e. The van der Waals surface area contributed by atoms with Crippen molar-refractivity contribution in [1.29, 1.82) is 0 Å². The Morgan fingerprint density at radius 1 is 0.656 bits per heavy atom. The van der Waals surface area contributed by atoms with E-state index in [0.29, 0.717) is 0 Å². The summed E-state index contributed by atoms with van der Waals surface area (Å²) in [6.07, 6.45) is -27.0. The lowest BCUT2D eigenvalue weighted by molar-refractivity contribution is -0.344. The zero-order chi connectivity index (χ0) is 25.5. The average molecular weight is 517 g/mol. The molecule has 0 N–H and O–H groups in total. The first-order valence-electron chi connectivity index (χ1n) is 7.96. The standard InChI is InChI=1S/C13H8F17NO/c14-5(9(20,21)22)7(16,17)3-1-2-4(32-3)8(18,19)6(15)31-12(27,28)10(23,24)11(25,26)13(31,29)30/h3-6H,1-2H2. The third kappa shape index (κ3) is 3.39. The zero-order valence-electron chi connectivity index (χ0n) is 14.5. The van der Waals surface area contributed by atoms with E-state index in [1.54, 1.807) is 0 Å². The van der Waals surface area contributed by atoms with Crippen LogP contribution < -0.4 is 0 Å². The van der Waals surface area contributed by atoms with Crippen molar-refractivity contribution < 1.29 is 79.4 Å². The van der Waals surface area contributed by atoms with Gasteiger partial charge in [0.2, 0.25) is 6.30 Å². The highest BCUT2D eigenvalue weighted by Gasteiger charge is 2.95. The normalized spacial score (nSPS) is 32.2. The van der Waals surface area contributed by atoms with E-state index in [1.165, 1.54) is 0 Å². The van der Waals surface area contributed by atoms with Crippen LogP contribution in [-0.4, -0.2) is 71.5 Å². The highest BCUT2D eigenvalue weighted by atomic mass is 19.4. The van der Waals surface area contributed by atoms with E-state index in [4.69, 9.17) is 0 Å². The van der Waals surface area contributed by atoms with Crippen molar-refractivity contribution in [2.75, 3.05) is 0 Å². The molecule has 32 heavy (non-hydrogen) atoms. The molecule has 0 amide bonds. The fourth-order valence-corrected chi connectivity index (χ4v) is 3.05. The predicted molar refractivity (Wildman–Crippen MR) is 65.3 cm³/mol. The van der Waals surface area contributed by atoms with Crippen LogP contribution in [0, 0.1) is 0 Å². The average Bonchev–Trinajstić information content (AvgIpc) is 3.12. The molecule has 0 spiro atoms. The van der Waals surface area contributed by atoms with Crippen molar-refractivity contribution >= 4 is 0 Å². The summed E-state index contributed by atoms with van der Waals surface area (Å²) in [5, 5.41) is 0. The predicted octanol–water partition coefficient (Wildman–Crippen LogP) is 5.77. The molecule has 0 aromatic rings. The Morgan fingerprint density at radius 2 is 1.00 bits per heavy atom. The van der Waals surface area contributed by atoms with Gasteiger partial charge in [0.1, 0.15) is 12.2 Å². The molecule has 2 nitrogen and oxygen atoms in total. The number of ether oxygens (including phenoxy) is 1. The molecule has 0 bridgehead atoms. The van der Waals surface area contributed by atoms with Crippen LogP contribution in [0.15, 0.2) is 0 Å². The van der Waals surface area contributed by atoms with Gasteiger partial charge in [-0.15, -0.1) is 4.90 Å². The van der Waals surface area contributed by atoms with Crippen LogP contribution in [0.1, 0.15) is 12.8 Å². The van der Waals surface area contributed by atoms with E-state index in [0.717, 1.165) is 0 Å². The second kappa shape index (κ2) is 7.11. The summed E-state index contributed by atoms with van der Waals surface area (Å²) >= 11 is 0. The van der Waals surface area contributed by atoms with Gasteiger partial charge >= 0.3 is 42.0 Å². The molecule has 2 rings (SSSR count). The van der Waals surface area contributed by atoms with Crippen LogP contribution in [0.5, 0.6) is 0 Å². The summed E-state index contributed by atoms with van der Waals surface area (Å²) in [6.45, 7) is 0. The molecule has 190 valence electrons. The number of hydrogen-bond donors (Lipinski definition) is 0. The Labute approximate surface area is 165 Å². The molecule has 0 aromatic heterocycles. The lowest BCUT2D eigenvalue weighted by Crippen LogP contribution is -2.62. The smallest absolute Gasteiger partial charge is 0.362 e. The minimum atomic E-state index is -7.09. The van der Waals surface area contributed by atoms with E-state index in [9.17, 15) is 74.6 Å². The van der Waals surface area contributed by atoms with Gasteiger partial charge in [-0.25, -0.2) is 17.6 Å². The van der Waals surface area contributed by atoms with Gasteiger partial charge in [-0.2, -0.15) is 57.1 Å². The van der Waals surface area contributed by atoms with Crippen LogP contribution in [0.25, 0.3) is 0 Å². The van der Waals surface area contributed by atoms with Gasteiger partial charge in [0.25, 0.3) is 6.17 Å². The maximum atomic E-state index is 14.1. The van der Waals surface area contributed by atoms with E-state index in [2.05, 4.69) is 4.74 Å². The van der Waals surface area contributed by atoms with Crippen molar-refractivity contribution in [2.24, 2.45) is 0 Å². The first-order chi connectivity index (χ1) is 13.9. The monoisotopic (exact) mass is 517 g/mol. The second-order valence-electron chi connectivity index (χ2n) is 6.88. The molecule has 0 aliphatic carbocycles. The highest BCUT2D eigenvalue weighted by Crippen LogP contribution is 2.64. The van der Waals surface area contributed by atoms with Gasteiger partial charge < -0.3 is 4.74 Å². The molecule has 2 heterocycles. The molecule has 2 aliphatic rings.